The van der Waals surface area contributed by atoms with Crippen molar-refractivity contribution in [2.24, 2.45) is 0 Å². The average Bonchev–Trinajstić information content (AvgIpc) is 2.23. The zero-order chi connectivity index (χ0) is 13.3. The van der Waals surface area contributed by atoms with E-state index in [4.69, 9.17) is 0 Å². The van der Waals surface area contributed by atoms with Crippen LogP contribution in [-0.4, -0.2) is 38.1 Å². The second-order valence-corrected chi connectivity index (χ2v) is 3.47. The van der Waals surface area contributed by atoms with Gasteiger partial charge < -0.3 is 9.47 Å². The molecule has 0 aromatic carbocycles. The predicted octanol–water partition coefficient (Wildman–Crippen LogP) is 2.17. The molecular weight excluding hydrogens is 244 g/mol. The van der Waals surface area contributed by atoms with Crippen LogP contribution in [0.2, 0.25) is 0 Å². The van der Waals surface area contributed by atoms with Crippen LogP contribution in [-0.2, 0) is 14.3 Å². The number of carbonyl (C=O) groups is 1. The molecule has 98 valence electrons. The number of halogens is 4. The van der Waals surface area contributed by atoms with Gasteiger partial charge in [0, 0.05) is 12.7 Å². The van der Waals surface area contributed by atoms with Crippen molar-refractivity contribution in [1.82, 2.24) is 0 Å². The van der Waals surface area contributed by atoms with Crippen LogP contribution >= 0.6 is 0 Å². The number of alkyl halides is 4. The fourth-order valence-corrected chi connectivity index (χ4v) is 1.57. The molecule has 0 aromatic heterocycles. The highest BCUT2D eigenvalue weighted by atomic mass is 19.3. The summed E-state index contributed by atoms with van der Waals surface area (Å²) >= 11 is 0. The normalized spacial score (nSPS) is 21.1. The molecule has 0 saturated carbocycles. The summed E-state index contributed by atoms with van der Waals surface area (Å²) in [6.45, 7) is 1.09. The Morgan fingerprint density at radius 1 is 1.24 bits per heavy atom. The van der Waals surface area contributed by atoms with Crippen LogP contribution in [0.1, 0.15) is 13.3 Å². The largest absolute Gasteiger partial charge is 0.462 e. The molecule has 0 saturated heterocycles. The smallest absolute Gasteiger partial charge is 0.346 e. The topological polar surface area (TPSA) is 35.5 Å². The van der Waals surface area contributed by atoms with Crippen molar-refractivity contribution in [3.8, 4) is 0 Å². The monoisotopic (exact) mass is 256 g/mol. The molecule has 0 heterocycles. The van der Waals surface area contributed by atoms with Gasteiger partial charge in [-0.1, -0.05) is 0 Å². The first kappa shape index (κ1) is 14.0. The summed E-state index contributed by atoms with van der Waals surface area (Å²) in [5.41, 5.74) is -2.13. The third-order valence-corrected chi connectivity index (χ3v) is 2.42. The number of rotatable bonds is 5. The van der Waals surface area contributed by atoms with Crippen LogP contribution in [0.15, 0.2) is 11.1 Å². The maximum Gasteiger partial charge on any atom is 0.346 e. The summed E-state index contributed by atoms with van der Waals surface area (Å²) in [5, 5.41) is 0. The van der Waals surface area contributed by atoms with Gasteiger partial charge in [-0.15, -0.1) is 0 Å². The molecule has 7 heteroatoms. The van der Waals surface area contributed by atoms with E-state index in [0.717, 1.165) is 0 Å². The van der Waals surface area contributed by atoms with Crippen LogP contribution in [0.4, 0.5) is 17.6 Å². The molecule has 3 nitrogen and oxygen atoms in total. The Bertz CT molecular complexity index is 349. The van der Waals surface area contributed by atoms with Gasteiger partial charge in [-0.25, -0.2) is 4.79 Å². The lowest BCUT2D eigenvalue weighted by molar-refractivity contribution is -0.200. The number of carbonyl (C=O) groups excluding carboxylic acids is 1. The maximum absolute atomic E-state index is 13.1. The molecule has 0 N–H and O–H groups in total. The Hall–Kier alpha value is -1.11. The van der Waals surface area contributed by atoms with Gasteiger partial charge in [0.25, 0.3) is 0 Å². The van der Waals surface area contributed by atoms with E-state index in [9.17, 15) is 22.4 Å². The lowest BCUT2D eigenvalue weighted by atomic mass is 9.78. The van der Waals surface area contributed by atoms with Crippen LogP contribution in [0.25, 0.3) is 0 Å². The van der Waals surface area contributed by atoms with Crippen molar-refractivity contribution in [2.45, 2.75) is 25.2 Å². The van der Waals surface area contributed by atoms with Gasteiger partial charge in [0.2, 0.25) is 0 Å². The van der Waals surface area contributed by atoms with Gasteiger partial charge in [-0.2, -0.15) is 17.6 Å². The zero-order valence-electron chi connectivity index (χ0n) is 9.36. The predicted molar refractivity (Wildman–Crippen MR) is 50.0 cm³/mol. The van der Waals surface area contributed by atoms with Gasteiger partial charge >= 0.3 is 17.8 Å². The first-order chi connectivity index (χ1) is 7.80. The zero-order valence-corrected chi connectivity index (χ0v) is 9.36. The summed E-state index contributed by atoms with van der Waals surface area (Å²) in [7, 11) is 1.25. The highest BCUT2D eigenvalue weighted by Gasteiger charge is 2.73. The average molecular weight is 256 g/mol. The summed E-state index contributed by atoms with van der Waals surface area (Å²) in [4.78, 5) is 11.2. The Balaban J connectivity index is 3.04. The van der Waals surface area contributed by atoms with Crippen molar-refractivity contribution >= 4 is 5.97 Å². The fraction of sp³-hybridized carbons (Fsp3) is 0.700. The number of hydrogen-bond donors (Lipinski definition) is 0. The minimum Gasteiger partial charge on any atom is -0.462 e. The van der Waals surface area contributed by atoms with E-state index in [1.54, 1.807) is 0 Å². The minimum absolute atomic E-state index is 0.151. The van der Waals surface area contributed by atoms with E-state index in [1.165, 1.54) is 14.0 Å². The first-order valence-corrected chi connectivity index (χ1v) is 4.96. The molecule has 0 spiro atoms. The first-order valence-electron chi connectivity index (χ1n) is 4.96. The quantitative estimate of drug-likeness (QED) is 0.558. The molecular formula is C10H12F4O3. The van der Waals surface area contributed by atoms with Gasteiger partial charge in [-0.05, 0) is 13.3 Å². The van der Waals surface area contributed by atoms with Gasteiger partial charge in [0.1, 0.15) is 5.57 Å². The minimum atomic E-state index is -4.46. The van der Waals surface area contributed by atoms with Crippen molar-refractivity contribution in [2.75, 3.05) is 20.3 Å². The van der Waals surface area contributed by atoms with Crippen molar-refractivity contribution in [3.05, 3.63) is 11.1 Å². The van der Waals surface area contributed by atoms with E-state index < -0.39 is 35.4 Å². The van der Waals surface area contributed by atoms with E-state index in [2.05, 4.69) is 9.47 Å². The summed E-state index contributed by atoms with van der Waals surface area (Å²) in [5.74, 6) is -10.1. The number of ether oxygens (including phenoxy) is 2. The molecule has 1 rings (SSSR count). The molecule has 0 atom stereocenters. The van der Waals surface area contributed by atoms with Crippen LogP contribution in [0.5, 0.6) is 0 Å². The van der Waals surface area contributed by atoms with E-state index in [1.807, 2.05) is 0 Å². The highest BCUT2D eigenvalue weighted by molar-refractivity contribution is 5.95. The van der Waals surface area contributed by atoms with E-state index >= 15 is 0 Å². The molecule has 0 bridgehead atoms. The molecule has 0 amide bonds. The van der Waals surface area contributed by atoms with Crippen LogP contribution < -0.4 is 0 Å². The molecule has 0 radical (unpaired) electrons. The van der Waals surface area contributed by atoms with Gasteiger partial charge in [0.05, 0.1) is 13.2 Å². The summed E-state index contributed by atoms with van der Waals surface area (Å²) < 4.78 is 61.2. The number of methoxy groups -OCH3 is 1. The second kappa shape index (κ2) is 4.64. The van der Waals surface area contributed by atoms with Crippen LogP contribution in [0, 0.1) is 0 Å². The fourth-order valence-electron chi connectivity index (χ4n) is 1.57. The Labute approximate surface area is 95.4 Å². The van der Waals surface area contributed by atoms with E-state index in [0.29, 0.717) is 0 Å². The number of esters is 1. The highest BCUT2D eigenvalue weighted by Crippen LogP contribution is 2.56. The Morgan fingerprint density at radius 2 is 1.82 bits per heavy atom. The Morgan fingerprint density at radius 3 is 2.29 bits per heavy atom. The second-order valence-electron chi connectivity index (χ2n) is 3.47. The molecule has 1 aliphatic carbocycles. The SMILES string of the molecule is CCOC(=O)C1=C(CCOC)C(F)(F)C1(F)F. The van der Waals surface area contributed by atoms with Gasteiger partial charge in [-0.3, -0.25) is 0 Å². The van der Waals surface area contributed by atoms with Crippen LogP contribution in [0.3, 0.4) is 0 Å². The molecule has 0 aromatic rings. The Kier molecular flexibility index (Phi) is 3.81. The lowest BCUT2D eigenvalue weighted by Gasteiger charge is -2.39. The third kappa shape index (κ3) is 2.03. The van der Waals surface area contributed by atoms with Crippen molar-refractivity contribution in [3.63, 3.8) is 0 Å². The van der Waals surface area contributed by atoms with Crippen molar-refractivity contribution < 1.29 is 31.8 Å². The molecule has 17 heavy (non-hydrogen) atoms. The lowest BCUT2D eigenvalue weighted by Crippen LogP contribution is -2.56. The molecule has 0 aliphatic heterocycles. The number of hydrogen-bond acceptors (Lipinski definition) is 3. The molecule has 0 unspecified atom stereocenters. The maximum atomic E-state index is 13.1. The molecule has 0 fully saturated rings. The summed E-state index contributed by atoms with van der Waals surface area (Å²) in [6, 6.07) is 0. The molecule has 1 aliphatic rings. The van der Waals surface area contributed by atoms with Gasteiger partial charge in [0.15, 0.2) is 0 Å². The summed E-state index contributed by atoms with van der Waals surface area (Å²) in [6.07, 6.45) is -0.423. The van der Waals surface area contributed by atoms with Crippen molar-refractivity contribution in [1.29, 1.82) is 0 Å². The standard InChI is InChI=1S/C10H12F4O3/c1-3-17-8(15)7-6(4-5-16-2)9(11,12)10(7,13)14/h3-5H2,1-2H3. The van der Waals surface area contributed by atoms with E-state index in [-0.39, 0.29) is 13.2 Å². The third-order valence-electron chi connectivity index (χ3n) is 2.42.